The van der Waals surface area contributed by atoms with E-state index in [4.69, 9.17) is 9.47 Å². The van der Waals surface area contributed by atoms with Gasteiger partial charge in [0.25, 0.3) is 0 Å². The van der Waals surface area contributed by atoms with Crippen molar-refractivity contribution < 1.29 is 9.47 Å². The third-order valence-electron chi connectivity index (χ3n) is 3.21. The molecule has 2 heterocycles. The predicted octanol–water partition coefficient (Wildman–Crippen LogP) is 3.19. The topological polar surface area (TPSA) is 43.4 Å². The molecule has 19 heavy (non-hydrogen) atoms. The second kappa shape index (κ2) is 5.09. The number of fused-ring (bicyclic) bond motifs is 1. The Morgan fingerprint density at radius 2 is 2.16 bits per heavy atom. The molecule has 0 aliphatic carbocycles. The summed E-state index contributed by atoms with van der Waals surface area (Å²) in [5.74, 6) is 2.67. The van der Waals surface area contributed by atoms with Gasteiger partial charge in [-0.2, -0.15) is 0 Å². The molecule has 0 fully saturated rings. The van der Waals surface area contributed by atoms with Crippen LogP contribution in [0.25, 0.3) is 10.6 Å². The molecule has 0 amide bonds. The molecule has 5 heteroatoms. The average Bonchev–Trinajstić information content (AvgIpc) is 2.90. The Labute approximate surface area is 116 Å². The lowest BCUT2D eigenvalue weighted by Gasteiger charge is -2.10. The predicted molar refractivity (Wildman–Crippen MR) is 77.5 cm³/mol. The fraction of sp³-hybridized carbons (Fsp3) is 0.357. The average molecular weight is 276 g/mol. The second-order valence-corrected chi connectivity index (χ2v) is 5.47. The maximum absolute atomic E-state index is 5.42. The van der Waals surface area contributed by atoms with Crippen molar-refractivity contribution in [1.82, 2.24) is 4.98 Å². The van der Waals surface area contributed by atoms with Gasteiger partial charge in [-0.05, 0) is 31.0 Å². The van der Waals surface area contributed by atoms with E-state index in [1.807, 2.05) is 18.2 Å². The summed E-state index contributed by atoms with van der Waals surface area (Å²) >= 11 is 1.73. The molecule has 0 bridgehead atoms. The quantitative estimate of drug-likeness (QED) is 0.935. The van der Waals surface area contributed by atoms with Crippen molar-refractivity contribution in [2.45, 2.75) is 12.8 Å². The Morgan fingerprint density at radius 3 is 2.89 bits per heavy atom. The first-order chi connectivity index (χ1) is 9.31. The Kier molecular flexibility index (Phi) is 3.29. The lowest BCUT2D eigenvalue weighted by atomic mass is 10.2. The number of nitrogens with zero attached hydrogens (tertiary/aromatic N) is 1. The minimum Gasteiger partial charge on any atom is -0.497 e. The van der Waals surface area contributed by atoms with Crippen LogP contribution >= 0.6 is 11.3 Å². The molecule has 3 rings (SSSR count). The monoisotopic (exact) mass is 276 g/mol. The van der Waals surface area contributed by atoms with Gasteiger partial charge >= 0.3 is 0 Å². The standard InChI is InChI=1S/C14H16N2O2S/c1-17-9-5-6-11(18-2)10(8-9)14-16-13-12(19-14)4-3-7-15-13/h5-6,8,15H,3-4,7H2,1-2H3. The van der Waals surface area contributed by atoms with Crippen molar-refractivity contribution in [1.29, 1.82) is 0 Å². The zero-order chi connectivity index (χ0) is 13.2. The molecule has 0 spiro atoms. The van der Waals surface area contributed by atoms with Crippen molar-refractivity contribution in [3.8, 4) is 22.1 Å². The summed E-state index contributed by atoms with van der Waals surface area (Å²) in [7, 11) is 3.34. The zero-order valence-electron chi connectivity index (χ0n) is 11.0. The summed E-state index contributed by atoms with van der Waals surface area (Å²) in [6.45, 7) is 1.01. The van der Waals surface area contributed by atoms with Crippen molar-refractivity contribution in [2.24, 2.45) is 0 Å². The summed E-state index contributed by atoms with van der Waals surface area (Å²) in [4.78, 5) is 6.00. The van der Waals surface area contributed by atoms with Gasteiger partial charge in [0, 0.05) is 11.4 Å². The van der Waals surface area contributed by atoms with E-state index in [1.165, 1.54) is 11.3 Å². The van der Waals surface area contributed by atoms with Gasteiger partial charge in [-0.1, -0.05) is 0 Å². The third kappa shape index (κ3) is 2.26. The summed E-state index contributed by atoms with van der Waals surface area (Å²) in [5.41, 5.74) is 0.989. The molecule has 0 saturated heterocycles. The first kappa shape index (κ1) is 12.3. The van der Waals surface area contributed by atoms with E-state index in [1.54, 1.807) is 25.6 Å². The van der Waals surface area contributed by atoms with Crippen molar-refractivity contribution in [3.05, 3.63) is 23.1 Å². The molecule has 0 saturated carbocycles. The fourth-order valence-corrected chi connectivity index (χ4v) is 3.31. The van der Waals surface area contributed by atoms with Crippen LogP contribution in [0.5, 0.6) is 11.5 Å². The zero-order valence-corrected chi connectivity index (χ0v) is 11.8. The molecular formula is C14H16N2O2S. The largest absolute Gasteiger partial charge is 0.497 e. The van der Waals surface area contributed by atoms with Crippen molar-refractivity contribution in [3.63, 3.8) is 0 Å². The van der Waals surface area contributed by atoms with E-state index in [0.29, 0.717) is 0 Å². The highest BCUT2D eigenvalue weighted by molar-refractivity contribution is 7.15. The van der Waals surface area contributed by atoms with Gasteiger partial charge in [0.2, 0.25) is 0 Å². The number of methoxy groups -OCH3 is 2. The lowest BCUT2D eigenvalue weighted by Crippen LogP contribution is -2.09. The van der Waals surface area contributed by atoms with Gasteiger partial charge in [0.1, 0.15) is 22.3 Å². The number of hydrogen-bond acceptors (Lipinski definition) is 5. The van der Waals surface area contributed by atoms with Crippen LogP contribution in [0, 0.1) is 0 Å². The van der Waals surface area contributed by atoms with Crippen molar-refractivity contribution in [2.75, 3.05) is 26.1 Å². The number of benzene rings is 1. The molecule has 100 valence electrons. The summed E-state index contributed by atoms with van der Waals surface area (Å²) < 4.78 is 10.7. The van der Waals surface area contributed by atoms with Crippen LogP contribution in [0.2, 0.25) is 0 Å². The van der Waals surface area contributed by atoms with E-state index in [2.05, 4.69) is 10.3 Å². The van der Waals surface area contributed by atoms with Gasteiger partial charge in [0.15, 0.2) is 0 Å². The maximum atomic E-state index is 5.42. The van der Waals surface area contributed by atoms with Crippen molar-refractivity contribution >= 4 is 17.2 Å². The number of hydrogen-bond donors (Lipinski definition) is 1. The lowest BCUT2D eigenvalue weighted by molar-refractivity contribution is 0.404. The number of ether oxygens (including phenoxy) is 2. The summed E-state index contributed by atoms with van der Waals surface area (Å²) in [6, 6.07) is 5.79. The van der Waals surface area contributed by atoms with E-state index in [-0.39, 0.29) is 0 Å². The number of rotatable bonds is 3. The second-order valence-electron chi connectivity index (χ2n) is 4.39. The molecule has 4 nitrogen and oxygen atoms in total. The van der Waals surface area contributed by atoms with Crippen LogP contribution in [0.15, 0.2) is 18.2 Å². The minimum absolute atomic E-state index is 0.817. The molecule has 0 unspecified atom stereocenters. The Hall–Kier alpha value is -1.75. The van der Waals surface area contributed by atoms with Gasteiger partial charge in [0.05, 0.1) is 19.8 Å². The molecule has 0 atom stereocenters. The number of anilines is 1. The smallest absolute Gasteiger partial charge is 0.140 e. The van der Waals surface area contributed by atoms with Crippen LogP contribution in [0.4, 0.5) is 5.82 Å². The molecule has 1 N–H and O–H groups in total. The van der Waals surface area contributed by atoms with E-state index < -0.39 is 0 Å². The van der Waals surface area contributed by atoms with Gasteiger partial charge in [-0.3, -0.25) is 0 Å². The van der Waals surface area contributed by atoms with Gasteiger partial charge in [-0.15, -0.1) is 11.3 Å². The third-order valence-corrected chi connectivity index (χ3v) is 4.36. The van der Waals surface area contributed by atoms with Crippen LogP contribution in [0.3, 0.4) is 0 Å². The highest BCUT2D eigenvalue weighted by Crippen LogP contribution is 2.39. The number of aryl methyl sites for hydroxylation is 1. The number of aromatic nitrogens is 1. The normalized spacial score (nSPS) is 13.6. The van der Waals surface area contributed by atoms with Crippen LogP contribution in [-0.4, -0.2) is 25.7 Å². The molecule has 1 aromatic heterocycles. The van der Waals surface area contributed by atoms with Gasteiger partial charge in [-0.25, -0.2) is 4.98 Å². The molecule has 0 radical (unpaired) electrons. The summed E-state index contributed by atoms with van der Waals surface area (Å²) in [5, 5.41) is 4.33. The van der Waals surface area contributed by atoms with Crippen LogP contribution in [-0.2, 0) is 6.42 Å². The Bertz CT molecular complexity index is 572. The number of nitrogens with one attached hydrogen (secondary N) is 1. The Morgan fingerprint density at radius 1 is 1.26 bits per heavy atom. The fourth-order valence-electron chi connectivity index (χ4n) is 2.21. The minimum atomic E-state index is 0.817. The van der Waals surface area contributed by atoms with E-state index in [9.17, 15) is 0 Å². The molecule has 1 aliphatic rings. The molecular weight excluding hydrogens is 260 g/mol. The number of thiazole rings is 1. The van der Waals surface area contributed by atoms with E-state index >= 15 is 0 Å². The highest BCUT2D eigenvalue weighted by Gasteiger charge is 2.18. The maximum Gasteiger partial charge on any atom is 0.140 e. The molecule has 1 aromatic carbocycles. The summed E-state index contributed by atoms with van der Waals surface area (Å²) in [6.07, 6.45) is 2.27. The Balaban J connectivity index is 2.07. The van der Waals surface area contributed by atoms with Gasteiger partial charge < -0.3 is 14.8 Å². The molecule has 2 aromatic rings. The van der Waals surface area contributed by atoms with Crippen LogP contribution in [0.1, 0.15) is 11.3 Å². The molecule has 1 aliphatic heterocycles. The van der Waals surface area contributed by atoms with Crippen LogP contribution < -0.4 is 14.8 Å². The highest BCUT2D eigenvalue weighted by atomic mass is 32.1. The first-order valence-electron chi connectivity index (χ1n) is 6.28. The first-order valence-corrected chi connectivity index (χ1v) is 7.09. The SMILES string of the molecule is COc1ccc(OC)c(-c2nc3c(s2)CCCN3)c1. The van der Waals surface area contributed by atoms with E-state index in [0.717, 1.165) is 40.9 Å².